The third kappa shape index (κ3) is 5.11. The second-order valence-electron chi connectivity index (χ2n) is 7.23. The van der Waals surface area contributed by atoms with Crippen LogP contribution >= 0.6 is 35.3 Å². The molecule has 0 radical (unpaired) electrons. The second kappa shape index (κ2) is 9.76. The predicted octanol–water partition coefficient (Wildman–Crippen LogP) is 5.77. The summed E-state index contributed by atoms with van der Waals surface area (Å²) in [5.41, 5.74) is 2.97. The SMILES string of the molecule is CC(Sc1nn(-c2ccccc2)c(=S)s1)C(=O)Nc1ccc(N2CCCCC2)cc1. The van der Waals surface area contributed by atoms with E-state index >= 15 is 0 Å². The van der Waals surface area contributed by atoms with E-state index < -0.39 is 0 Å². The predicted molar refractivity (Wildman–Crippen MR) is 129 cm³/mol. The zero-order chi connectivity index (χ0) is 20.9. The van der Waals surface area contributed by atoms with E-state index in [-0.39, 0.29) is 11.2 Å². The molecule has 1 saturated heterocycles. The number of rotatable bonds is 6. The molecule has 1 aliphatic rings. The highest BCUT2D eigenvalue weighted by Gasteiger charge is 2.18. The fourth-order valence-corrected chi connectivity index (χ4v) is 5.90. The summed E-state index contributed by atoms with van der Waals surface area (Å²) >= 11 is 8.29. The molecule has 1 N–H and O–H groups in total. The van der Waals surface area contributed by atoms with Gasteiger partial charge in [-0.3, -0.25) is 4.79 Å². The molecule has 8 heteroatoms. The van der Waals surface area contributed by atoms with Gasteiger partial charge in [-0.25, -0.2) is 4.68 Å². The number of benzene rings is 2. The van der Waals surface area contributed by atoms with Gasteiger partial charge in [0.2, 0.25) is 5.91 Å². The molecule has 2 aromatic carbocycles. The Kier molecular flexibility index (Phi) is 6.86. The molecule has 0 bridgehead atoms. The Morgan fingerprint density at radius 3 is 2.47 bits per heavy atom. The number of carbonyl (C=O) groups is 1. The zero-order valence-electron chi connectivity index (χ0n) is 16.8. The van der Waals surface area contributed by atoms with Gasteiger partial charge in [0.05, 0.1) is 10.9 Å². The minimum Gasteiger partial charge on any atom is -0.372 e. The van der Waals surface area contributed by atoms with Crippen molar-refractivity contribution in [1.82, 2.24) is 9.78 Å². The Balaban J connectivity index is 1.37. The number of amides is 1. The number of aromatic nitrogens is 2. The summed E-state index contributed by atoms with van der Waals surface area (Å²) in [4.78, 5) is 15.1. The summed E-state index contributed by atoms with van der Waals surface area (Å²) in [6.45, 7) is 4.11. The lowest BCUT2D eigenvalue weighted by Crippen LogP contribution is -2.29. The van der Waals surface area contributed by atoms with Gasteiger partial charge in [-0.05, 0) is 74.8 Å². The Morgan fingerprint density at radius 1 is 1.07 bits per heavy atom. The topological polar surface area (TPSA) is 50.2 Å². The average molecular weight is 457 g/mol. The summed E-state index contributed by atoms with van der Waals surface area (Å²) < 4.78 is 3.20. The van der Waals surface area contributed by atoms with Crippen LogP contribution in [-0.2, 0) is 4.79 Å². The number of nitrogens with one attached hydrogen (secondary N) is 1. The molecule has 1 unspecified atom stereocenters. The summed E-state index contributed by atoms with van der Waals surface area (Å²) in [5, 5.41) is 7.31. The minimum absolute atomic E-state index is 0.0434. The standard InChI is InChI=1S/C22H24N4OS3/c1-16(29-21-24-26(22(28)30-21)19-8-4-2-5-9-19)20(27)23-17-10-12-18(13-11-17)25-14-6-3-7-15-25/h2,4-5,8-13,16H,3,6-7,14-15H2,1H3,(H,23,27). The first-order valence-corrected chi connectivity index (χ1v) is 12.2. The van der Waals surface area contributed by atoms with Gasteiger partial charge in [0.25, 0.3) is 0 Å². The molecule has 0 saturated carbocycles. The molecule has 0 aliphatic carbocycles. The van der Waals surface area contributed by atoms with Crippen molar-refractivity contribution in [3.05, 3.63) is 58.6 Å². The van der Waals surface area contributed by atoms with Crippen molar-refractivity contribution in [2.75, 3.05) is 23.3 Å². The number of carbonyl (C=O) groups excluding carboxylic acids is 1. The monoisotopic (exact) mass is 456 g/mol. The number of nitrogens with zero attached hydrogens (tertiary/aromatic N) is 3. The molecule has 5 nitrogen and oxygen atoms in total. The highest BCUT2D eigenvalue weighted by molar-refractivity contribution is 8.02. The number of para-hydroxylation sites is 1. The van der Waals surface area contributed by atoms with Crippen molar-refractivity contribution in [1.29, 1.82) is 0 Å². The van der Waals surface area contributed by atoms with E-state index in [0.29, 0.717) is 3.95 Å². The van der Waals surface area contributed by atoms with Crippen molar-refractivity contribution in [2.24, 2.45) is 0 Å². The summed E-state index contributed by atoms with van der Waals surface area (Å²) in [6, 6.07) is 17.9. The van der Waals surface area contributed by atoms with E-state index in [0.717, 1.165) is 28.8 Å². The van der Waals surface area contributed by atoms with Crippen LogP contribution in [0.25, 0.3) is 5.69 Å². The molecule has 156 valence electrons. The number of piperidine rings is 1. The molecule has 2 heterocycles. The highest BCUT2D eigenvalue weighted by Crippen LogP contribution is 2.29. The fourth-order valence-electron chi connectivity index (χ4n) is 3.40. The molecule has 1 aromatic heterocycles. The fraction of sp³-hybridized carbons (Fsp3) is 0.318. The number of hydrogen-bond acceptors (Lipinski definition) is 6. The van der Waals surface area contributed by atoms with Gasteiger partial charge in [-0.2, -0.15) is 0 Å². The number of anilines is 2. The molecular formula is C22H24N4OS3. The van der Waals surface area contributed by atoms with Crippen LogP contribution in [0.5, 0.6) is 0 Å². The van der Waals surface area contributed by atoms with Crippen molar-refractivity contribution in [3.8, 4) is 5.69 Å². The first kappa shape index (κ1) is 21.1. The van der Waals surface area contributed by atoms with Crippen molar-refractivity contribution in [3.63, 3.8) is 0 Å². The van der Waals surface area contributed by atoms with Gasteiger partial charge in [0.15, 0.2) is 8.29 Å². The maximum absolute atomic E-state index is 12.7. The van der Waals surface area contributed by atoms with E-state index in [4.69, 9.17) is 12.2 Å². The van der Waals surface area contributed by atoms with Crippen LogP contribution in [0.1, 0.15) is 26.2 Å². The highest BCUT2D eigenvalue weighted by atomic mass is 32.2. The van der Waals surface area contributed by atoms with Gasteiger partial charge >= 0.3 is 0 Å². The largest absolute Gasteiger partial charge is 0.372 e. The van der Waals surface area contributed by atoms with Gasteiger partial charge in [-0.15, -0.1) is 5.10 Å². The van der Waals surface area contributed by atoms with Crippen molar-refractivity contribution >= 4 is 52.6 Å². The molecule has 30 heavy (non-hydrogen) atoms. The average Bonchev–Trinajstić information content (AvgIpc) is 3.15. The molecule has 1 fully saturated rings. The van der Waals surface area contributed by atoms with Gasteiger partial charge in [0.1, 0.15) is 0 Å². The lowest BCUT2D eigenvalue weighted by Gasteiger charge is -2.28. The van der Waals surface area contributed by atoms with Crippen LogP contribution in [0.15, 0.2) is 58.9 Å². The Bertz CT molecular complexity index is 1040. The number of hydrogen-bond donors (Lipinski definition) is 1. The first-order valence-electron chi connectivity index (χ1n) is 10.1. The minimum atomic E-state index is -0.281. The van der Waals surface area contributed by atoms with Crippen molar-refractivity contribution < 1.29 is 4.79 Å². The summed E-state index contributed by atoms with van der Waals surface area (Å²) in [7, 11) is 0. The Labute approximate surface area is 190 Å². The second-order valence-corrected chi connectivity index (χ2v) is 10.4. The van der Waals surface area contributed by atoms with Crippen LogP contribution in [0.3, 0.4) is 0 Å². The van der Waals surface area contributed by atoms with Gasteiger partial charge < -0.3 is 10.2 Å². The summed E-state index contributed by atoms with van der Waals surface area (Å²) in [5.74, 6) is -0.0434. The van der Waals surface area contributed by atoms with Crippen molar-refractivity contribution in [2.45, 2.75) is 35.8 Å². The molecule has 3 aromatic rings. The first-order chi connectivity index (χ1) is 14.6. The molecule has 1 atom stereocenters. The molecule has 1 amide bonds. The smallest absolute Gasteiger partial charge is 0.237 e. The van der Waals surface area contributed by atoms with Crippen LogP contribution in [0.2, 0.25) is 0 Å². The summed E-state index contributed by atoms with van der Waals surface area (Å²) in [6.07, 6.45) is 3.82. The molecule has 1 aliphatic heterocycles. The molecular weight excluding hydrogens is 432 g/mol. The van der Waals surface area contributed by atoms with Crippen LogP contribution in [0.4, 0.5) is 11.4 Å². The third-order valence-electron chi connectivity index (χ3n) is 5.03. The van der Waals surface area contributed by atoms with E-state index in [1.165, 1.54) is 48.0 Å². The van der Waals surface area contributed by atoms with Gasteiger partial charge in [-0.1, -0.05) is 41.3 Å². The molecule has 4 rings (SSSR count). The van der Waals surface area contributed by atoms with Crippen LogP contribution < -0.4 is 10.2 Å². The van der Waals surface area contributed by atoms with E-state index in [2.05, 4.69) is 27.4 Å². The van der Waals surface area contributed by atoms with E-state index in [1.54, 1.807) is 4.68 Å². The van der Waals surface area contributed by atoms with Crippen LogP contribution in [0, 0.1) is 3.95 Å². The normalized spacial score (nSPS) is 15.0. The maximum Gasteiger partial charge on any atom is 0.237 e. The van der Waals surface area contributed by atoms with Gasteiger partial charge in [0, 0.05) is 24.5 Å². The molecule has 0 spiro atoms. The van der Waals surface area contributed by atoms with E-state index in [9.17, 15) is 4.79 Å². The maximum atomic E-state index is 12.7. The number of thioether (sulfide) groups is 1. The van der Waals surface area contributed by atoms with Crippen LogP contribution in [-0.4, -0.2) is 34.0 Å². The quantitative estimate of drug-likeness (QED) is 0.377. The lowest BCUT2D eigenvalue weighted by atomic mass is 10.1. The zero-order valence-corrected chi connectivity index (χ0v) is 19.2. The lowest BCUT2D eigenvalue weighted by molar-refractivity contribution is -0.115. The third-order valence-corrected chi connectivity index (χ3v) is 7.45. The Morgan fingerprint density at radius 2 is 1.77 bits per heavy atom. The Hall–Kier alpha value is -2.16. The van der Waals surface area contributed by atoms with E-state index in [1.807, 2.05) is 49.4 Å².